The Kier molecular flexibility index (Phi) is 6.46. The third-order valence-electron chi connectivity index (χ3n) is 3.45. The highest BCUT2D eigenvalue weighted by atomic mass is 79.9. The summed E-state index contributed by atoms with van der Waals surface area (Å²) in [4.78, 5) is 4.50. The average molecular weight is 434 g/mol. The molecule has 0 aliphatic rings. The third-order valence-corrected chi connectivity index (χ3v) is 4.98. The lowest BCUT2D eigenvalue weighted by Gasteiger charge is -2.14. The molecular formula is C19H20BrN3O2S. The molecule has 0 saturated carbocycles. The van der Waals surface area contributed by atoms with Gasteiger partial charge in [0.05, 0.1) is 34.1 Å². The number of fused-ring (bicyclic) bond motifs is 1. The summed E-state index contributed by atoms with van der Waals surface area (Å²) in [6, 6.07) is 11.9. The van der Waals surface area contributed by atoms with E-state index in [0.717, 1.165) is 37.6 Å². The first kappa shape index (κ1) is 18.7. The molecule has 0 fully saturated rings. The van der Waals surface area contributed by atoms with Crippen LogP contribution in [0.5, 0.6) is 11.5 Å². The zero-order valence-electron chi connectivity index (χ0n) is 14.7. The van der Waals surface area contributed by atoms with Gasteiger partial charge in [-0.1, -0.05) is 30.4 Å². The lowest BCUT2D eigenvalue weighted by atomic mass is 10.2. The van der Waals surface area contributed by atoms with Crippen molar-refractivity contribution in [3.05, 3.63) is 46.4 Å². The first-order chi connectivity index (χ1) is 12.7. The number of para-hydroxylation sites is 1. The Balaban J connectivity index is 1.76. The number of aromatic nitrogens is 1. The van der Waals surface area contributed by atoms with Crippen LogP contribution in [0.25, 0.3) is 10.2 Å². The van der Waals surface area contributed by atoms with Gasteiger partial charge < -0.3 is 9.47 Å². The van der Waals surface area contributed by atoms with Gasteiger partial charge in [0.15, 0.2) is 11.5 Å². The summed E-state index contributed by atoms with van der Waals surface area (Å²) >= 11 is 5.13. The van der Waals surface area contributed by atoms with Crippen molar-refractivity contribution >= 4 is 48.8 Å². The highest BCUT2D eigenvalue weighted by Crippen LogP contribution is 2.36. The fraction of sp³-hybridized carbons (Fsp3) is 0.263. The summed E-state index contributed by atoms with van der Waals surface area (Å²) in [5.74, 6) is 1.43. The molecule has 0 radical (unpaired) electrons. The van der Waals surface area contributed by atoms with Crippen LogP contribution in [0.3, 0.4) is 0 Å². The Morgan fingerprint density at radius 2 is 2.08 bits per heavy atom. The van der Waals surface area contributed by atoms with Crippen molar-refractivity contribution < 1.29 is 9.47 Å². The fourth-order valence-electron chi connectivity index (χ4n) is 2.35. The zero-order chi connectivity index (χ0) is 18.4. The van der Waals surface area contributed by atoms with Crippen molar-refractivity contribution in [2.45, 2.75) is 20.3 Å². The number of rotatable bonds is 8. The molecule has 0 amide bonds. The molecule has 0 bridgehead atoms. The molecule has 5 nitrogen and oxygen atoms in total. The molecule has 7 heteroatoms. The highest BCUT2D eigenvalue weighted by Gasteiger charge is 2.11. The van der Waals surface area contributed by atoms with Gasteiger partial charge in [-0.25, -0.2) is 4.98 Å². The summed E-state index contributed by atoms with van der Waals surface area (Å²) in [5, 5.41) is 5.06. The number of anilines is 1. The third kappa shape index (κ3) is 4.53. The lowest BCUT2D eigenvalue weighted by molar-refractivity contribution is 0.275. The molecular weight excluding hydrogens is 414 g/mol. The summed E-state index contributed by atoms with van der Waals surface area (Å²) in [7, 11) is 0. The molecule has 0 unspecified atom stereocenters. The van der Waals surface area contributed by atoms with Gasteiger partial charge in [0, 0.05) is 0 Å². The van der Waals surface area contributed by atoms with Crippen LogP contribution in [-0.4, -0.2) is 24.4 Å². The molecule has 1 N–H and O–H groups in total. The van der Waals surface area contributed by atoms with Crippen LogP contribution >= 0.6 is 27.3 Å². The smallest absolute Gasteiger partial charge is 0.204 e. The SMILES string of the molecule is CCCOc1c(Br)cc(/C=N/Nc2nc3ccccc3s2)cc1OCC. The van der Waals surface area contributed by atoms with Crippen molar-refractivity contribution in [3.8, 4) is 11.5 Å². The van der Waals surface area contributed by atoms with E-state index < -0.39 is 0 Å². The molecule has 3 aromatic rings. The van der Waals surface area contributed by atoms with Crippen LogP contribution in [0.1, 0.15) is 25.8 Å². The summed E-state index contributed by atoms with van der Waals surface area (Å²) in [6.07, 6.45) is 2.68. The van der Waals surface area contributed by atoms with Crippen molar-refractivity contribution in [1.82, 2.24) is 4.98 Å². The van der Waals surface area contributed by atoms with E-state index in [4.69, 9.17) is 9.47 Å². The molecule has 26 heavy (non-hydrogen) atoms. The molecule has 3 rings (SSSR count). The molecule has 0 aliphatic carbocycles. The topological polar surface area (TPSA) is 55.7 Å². The second kappa shape index (κ2) is 9.00. The van der Waals surface area contributed by atoms with Gasteiger partial charge in [-0.3, -0.25) is 5.43 Å². The van der Waals surface area contributed by atoms with Gasteiger partial charge in [-0.15, -0.1) is 0 Å². The van der Waals surface area contributed by atoms with Crippen LogP contribution in [0.4, 0.5) is 5.13 Å². The van der Waals surface area contributed by atoms with Gasteiger partial charge >= 0.3 is 0 Å². The largest absolute Gasteiger partial charge is 0.490 e. The standard InChI is InChI=1S/C19H20BrN3O2S/c1-3-9-25-18-14(20)10-13(11-16(18)24-4-2)12-21-23-19-22-15-7-5-6-8-17(15)26-19/h5-8,10-12H,3-4,9H2,1-2H3,(H,22,23)/b21-12+. The number of halogens is 1. The predicted octanol–water partition coefficient (Wildman–Crippen LogP) is 5.69. The number of benzene rings is 2. The van der Waals surface area contributed by atoms with Crippen LogP contribution < -0.4 is 14.9 Å². The molecule has 0 aliphatic heterocycles. The van der Waals surface area contributed by atoms with Gasteiger partial charge in [-0.2, -0.15) is 5.10 Å². The van der Waals surface area contributed by atoms with E-state index >= 15 is 0 Å². The molecule has 0 saturated heterocycles. The molecule has 2 aromatic carbocycles. The van der Waals surface area contributed by atoms with E-state index in [1.165, 1.54) is 0 Å². The Hall–Kier alpha value is -2.12. The summed E-state index contributed by atoms with van der Waals surface area (Å²) in [6.45, 7) is 5.24. The van der Waals surface area contributed by atoms with E-state index in [-0.39, 0.29) is 0 Å². The minimum absolute atomic E-state index is 0.569. The van der Waals surface area contributed by atoms with Crippen LogP contribution in [0.2, 0.25) is 0 Å². The van der Waals surface area contributed by atoms with Crippen LogP contribution in [0, 0.1) is 0 Å². The second-order valence-electron chi connectivity index (χ2n) is 5.47. The maximum absolute atomic E-state index is 5.79. The minimum atomic E-state index is 0.569. The monoisotopic (exact) mass is 433 g/mol. The first-order valence-corrected chi connectivity index (χ1v) is 10.1. The molecule has 136 valence electrons. The van der Waals surface area contributed by atoms with Crippen molar-refractivity contribution in [1.29, 1.82) is 0 Å². The number of hydrogen-bond acceptors (Lipinski definition) is 6. The van der Waals surface area contributed by atoms with E-state index in [1.807, 2.05) is 43.3 Å². The van der Waals surface area contributed by atoms with Gasteiger partial charge in [0.1, 0.15) is 0 Å². The maximum Gasteiger partial charge on any atom is 0.204 e. The zero-order valence-corrected chi connectivity index (χ0v) is 17.1. The highest BCUT2D eigenvalue weighted by molar-refractivity contribution is 9.10. The van der Waals surface area contributed by atoms with Crippen LogP contribution in [0.15, 0.2) is 46.0 Å². The van der Waals surface area contributed by atoms with E-state index in [0.29, 0.717) is 19.0 Å². The number of ether oxygens (including phenoxy) is 2. The summed E-state index contributed by atoms with van der Waals surface area (Å²) in [5.41, 5.74) is 4.86. The number of hydrogen-bond donors (Lipinski definition) is 1. The van der Waals surface area contributed by atoms with Crippen molar-refractivity contribution in [2.75, 3.05) is 18.6 Å². The number of nitrogens with one attached hydrogen (secondary N) is 1. The Bertz CT molecular complexity index is 878. The average Bonchev–Trinajstić information content (AvgIpc) is 3.04. The van der Waals surface area contributed by atoms with E-state index in [1.54, 1.807) is 17.6 Å². The van der Waals surface area contributed by atoms with Gasteiger partial charge in [-0.05, 0) is 59.1 Å². The molecule has 0 atom stereocenters. The van der Waals surface area contributed by atoms with E-state index in [9.17, 15) is 0 Å². The van der Waals surface area contributed by atoms with Gasteiger partial charge in [0.2, 0.25) is 5.13 Å². The lowest BCUT2D eigenvalue weighted by Crippen LogP contribution is -2.02. The number of thiazole rings is 1. The quantitative estimate of drug-likeness (QED) is 0.366. The van der Waals surface area contributed by atoms with Crippen molar-refractivity contribution in [3.63, 3.8) is 0 Å². The predicted molar refractivity (Wildman–Crippen MR) is 112 cm³/mol. The molecule has 0 spiro atoms. The minimum Gasteiger partial charge on any atom is -0.490 e. The Morgan fingerprint density at radius 3 is 2.85 bits per heavy atom. The Morgan fingerprint density at radius 1 is 1.23 bits per heavy atom. The second-order valence-corrected chi connectivity index (χ2v) is 7.35. The van der Waals surface area contributed by atoms with Crippen molar-refractivity contribution in [2.24, 2.45) is 5.10 Å². The normalized spacial score (nSPS) is 11.2. The Labute approximate surface area is 165 Å². The van der Waals surface area contributed by atoms with E-state index in [2.05, 4.69) is 38.4 Å². The fourth-order valence-corrected chi connectivity index (χ4v) is 3.74. The molecule has 1 heterocycles. The summed E-state index contributed by atoms with van der Waals surface area (Å²) < 4.78 is 13.5. The first-order valence-electron chi connectivity index (χ1n) is 8.45. The molecule has 1 aromatic heterocycles. The number of hydrazone groups is 1. The number of nitrogens with zero attached hydrogens (tertiary/aromatic N) is 2. The van der Waals surface area contributed by atoms with Crippen LogP contribution in [-0.2, 0) is 0 Å². The maximum atomic E-state index is 5.79. The van der Waals surface area contributed by atoms with Gasteiger partial charge in [0.25, 0.3) is 0 Å².